The van der Waals surface area contributed by atoms with E-state index >= 15 is 4.39 Å². The number of aliphatic hydroxyl groups excluding tert-OH is 1. The topological polar surface area (TPSA) is 164 Å². The number of nitrogens with one attached hydrogen (secondary N) is 1. The van der Waals surface area contributed by atoms with Crippen molar-refractivity contribution < 1.29 is 37.9 Å². The molecular formula is C22H26BrFN3O9P. The summed E-state index contributed by atoms with van der Waals surface area (Å²) >= 11 is 3.28. The molecule has 0 spiro atoms. The maximum absolute atomic E-state index is 15.7. The fraction of sp³-hybridized carbons (Fsp3) is 0.500. The van der Waals surface area contributed by atoms with Crippen LogP contribution in [0.15, 0.2) is 55.3 Å². The van der Waals surface area contributed by atoms with Crippen molar-refractivity contribution >= 4 is 30.1 Å². The number of halogens is 2. The van der Waals surface area contributed by atoms with E-state index in [2.05, 4.69) is 20.7 Å². The van der Waals surface area contributed by atoms with Gasteiger partial charge < -0.3 is 24.2 Å². The van der Waals surface area contributed by atoms with E-state index < -0.39 is 67.9 Å². The largest absolute Gasteiger partial charge is 0.583 e. The summed E-state index contributed by atoms with van der Waals surface area (Å²) in [6, 6.07) is 6.14. The van der Waals surface area contributed by atoms with Crippen LogP contribution in [0.25, 0.3) is 0 Å². The minimum atomic E-state index is -2.95. The Morgan fingerprint density at radius 1 is 1.30 bits per heavy atom. The van der Waals surface area contributed by atoms with Crippen molar-refractivity contribution in [2.75, 3.05) is 0 Å². The number of nitrogens with zero attached hydrogens (tertiary/aromatic N) is 2. The summed E-state index contributed by atoms with van der Waals surface area (Å²) in [6.45, 7) is 5.62. The van der Waals surface area contributed by atoms with E-state index in [0.717, 1.165) is 28.2 Å². The van der Waals surface area contributed by atoms with Crippen molar-refractivity contribution in [3.63, 3.8) is 0 Å². The van der Waals surface area contributed by atoms with Gasteiger partial charge in [0.2, 0.25) is 0 Å². The number of carbonyl (C=O) groups excluding carboxylic acids is 1. The molecule has 202 valence electrons. The Bertz CT molecular complexity index is 1250. The van der Waals surface area contributed by atoms with Gasteiger partial charge in [0.1, 0.15) is 11.9 Å². The number of rotatable bonds is 9. The number of hydrogen-bond acceptors (Lipinski definition) is 10. The number of aromatic amines is 1. The fourth-order valence-corrected chi connectivity index (χ4v) is 4.45. The van der Waals surface area contributed by atoms with Gasteiger partial charge in [0.25, 0.3) is 11.8 Å². The number of esters is 1. The first-order chi connectivity index (χ1) is 17.3. The Morgan fingerprint density at radius 2 is 1.95 bits per heavy atom. The standard InChI is InChI=1S/C22H26BrFN3O9P/c1-11(2)33-18(30)12(3)26-37(32)36-19(34-14-7-5-13(23)6-8-14)16-17(29)22(4,24)20(35-16)27-10-9-15(28)25-21(27)31/h5-12,16-17,19-20,29H,1-4H3,(H,25,28,31)/t12?,16-,17-,19?,20-,22-/m1/s1. The molecule has 0 amide bonds. The van der Waals surface area contributed by atoms with Crippen LogP contribution in [0, 0.1) is 0 Å². The highest BCUT2D eigenvalue weighted by atomic mass is 79.9. The molecule has 7 atom stereocenters. The summed E-state index contributed by atoms with van der Waals surface area (Å²) in [5, 5.41) is 10.8. The van der Waals surface area contributed by atoms with Gasteiger partial charge in [-0.1, -0.05) is 20.7 Å². The molecule has 0 radical (unpaired) electrons. The monoisotopic (exact) mass is 605 g/mol. The summed E-state index contributed by atoms with van der Waals surface area (Å²) in [7, 11) is -2.95. The summed E-state index contributed by atoms with van der Waals surface area (Å²) in [4.78, 5) is 50.4. The van der Waals surface area contributed by atoms with E-state index in [-0.39, 0.29) is 5.75 Å². The predicted molar refractivity (Wildman–Crippen MR) is 130 cm³/mol. The zero-order valence-corrected chi connectivity index (χ0v) is 22.7. The van der Waals surface area contributed by atoms with Crippen LogP contribution in [0.1, 0.15) is 33.9 Å². The molecule has 0 bridgehead atoms. The van der Waals surface area contributed by atoms with Gasteiger partial charge in [-0.05, 0) is 52.0 Å². The smallest absolute Gasteiger partial charge is 0.346 e. The molecule has 37 heavy (non-hydrogen) atoms. The third-order valence-corrected chi connectivity index (χ3v) is 6.70. The molecule has 1 aliphatic rings. The van der Waals surface area contributed by atoms with E-state index in [9.17, 15) is 24.4 Å². The van der Waals surface area contributed by atoms with E-state index in [1.54, 1.807) is 26.0 Å². The summed E-state index contributed by atoms with van der Waals surface area (Å²) in [6.07, 6.45) is -6.36. The maximum atomic E-state index is 15.7. The van der Waals surface area contributed by atoms with Gasteiger partial charge in [0.15, 0.2) is 24.0 Å². The highest BCUT2D eigenvalue weighted by molar-refractivity contribution is 9.10. The Hall–Kier alpha value is -2.48. The van der Waals surface area contributed by atoms with Crippen LogP contribution in [-0.2, 0) is 18.8 Å². The second kappa shape index (κ2) is 11.9. The zero-order valence-electron chi connectivity index (χ0n) is 20.2. The minimum absolute atomic E-state index is 0.185. The number of aliphatic hydroxyl groups is 1. The van der Waals surface area contributed by atoms with E-state index in [0.29, 0.717) is 0 Å². The molecule has 1 aromatic carbocycles. The van der Waals surface area contributed by atoms with Crippen molar-refractivity contribution in [3.8, 4) is 5.75 Å². The van der Waals surface area contributed by atoms with E-state index in [1.165, 1.54) is 19.1 Å². The van der Waals surface area contributed by atoms with Crippen molar-refractivity contribution in [2.45, 2.75) is 70.2 Å². The number of alkyl halides is 1. The lowest BCUT2D eigenvalue weighted by atomic mass is 9.98. The molecular weight excluding hydrogens is 580 g/mol. The number of benzene rings is 1. The summed E-state index contributed by atoms with van der Waals surface area (Å²) in [5.41, 5.74) is -4.26. The molecule has 0 aliphatic carbocycles. The number of aromatic nitrogens is 2. The Morgan fingerprint density at radius 3 is 2.54 bits per heavy atom. The third kappa shape index (κ3) is 7.09. The molecule has 2 N–H and O–H groups in total. The molecule has 2 aromatic rings. The van der Waals surface area contributed by atoms with Gasteiger partial charge in [-0.15, -0.1) is 4.52 Å². The van der Waals surface area contributed by atoms with Crippen LogP contribution < -0.4 is 20.9 Å². The lowest BCUT2D eigenvalue weighted by molar-refractivity contribution is -0.206. The average molecular weight is 606 g/mol. The van der Waals surface area contributed by atoms with Crippen molar-refractivity contribution in [2.24, 2.45) is 4.74 Å². The first kappa shape index (κ1) is 29.1. The van der Waals surface area contributed by atoms with E-state index in [4.69, 9.17) is 18.7 Å². The number of ether oxygens (including phenoxy) is 3. The third-order valence-electron chi connectivity index (χ3n) is 5.25. The quantitative estimate of drug-likeness (QED) is 0.247. The molecule has 2 heterocycles. The van der Waals surface area contributed by atoms with Crippen molar-refractivity contribution in [1.82, 2.24) is 9.55 Å². The SMILES string of the molecule is CC(C)OC(=O)C(C)N=[P+]([O-])OC(Oc1ccc(Br)cc1)[C@@H]1O[C@@H](n2ccc(=O)[nH]c2=O)[C@](C)(F)[C@@H]1O. The fourth-order valence-electron chi connectivity index (χ4n) is 3.42. The van der Waals surface area contributed by atoms with Gasteiger partial charge in [-0.3, -0.25) is 14.3 Å². The van der Waals surface area contributed by atoms with Crippen LogP contribution in [0.2, 0.25) is 0 Å². The second-order valence-electron chi connectivity index (χ2n) is 8.63. The number of carbonyl (C=O) groups is 1. The van der Waals surface area contributed by atoms with Crippen LogP contribution in [0.3, 0.4) is 0 Å². The number of H-pyrrole nitrogens is 1. The van der Waals surface area contributed by atoms with Crippen LogP contribution in [0.5, 0.6) is 5.75 Å². The lowest BCUT2D eigenvalue weighted by Crippen LogP contribution is -2.46. The van der Waals surface area contributed by atoms with Crippen LogP contribution in [0.4, 0.5) is 4.39 Å². The van der Waals surface area contributed by atoms with Gasteiger partial charge in [0.05, 0.1) is 6.10 Å². The Labute approximate surface area is 220 Å². The molecule has 0 saturated carbocycles. The molecule has 1 saturated heterocycles. The molecule has 1 fully saturated rings. The van der Waals surface area contributed by atoms with E-state index in [1.807, 2.05) is 4.98 Å². The van der Waals surface area contributed by atoms with Crippen molar-refractivity contribution in [3.05, 3.63) is 61.8 Å². The summed E-state index contributed by atoms with van der Waals surface area (Å²) < 4.78 is 42.8. The Kier molecular flexibility index (Phi) is 9.37. The normalized spacial score (nSPS) is 25.6. The molecule has 3 rings (SSSR count). The zero-order chi connectivity index (χ0) is 27.5. The lowest BCUT2D eigenvalue weighted by Gasteiger charge is -2.25. The summed E-state index contributed by atoms with van der Waals surface area (Å²) in [5.74, 6) is -0.553. The second-order valence-corrected chi connectivity index (χ2v) is 10.5. The van der Waals surface area contributed by atoms with Gasteiger partial charge >= 0.3 is 19.8 Å². The van der Waals surface area contributed by atoms with Gasteiger partial charge in [-0.25, -0.2) is 14.0 Å². The van der Waals surface area contributed by atoms with Crippen LogP contribution in [-0.4, -0.2) is 56.9 Å². The first-order valence-electron chi connectivity index (χ1n) is 11.1. The Balaban J connectivity index is 1.92. The molecule has 1 aromatic heterocycles. The van der Waals surface area contributed by atoms with Gasteiger partial charge in [-0.2, -0.15) is 0 Å². The van der Waals surface area contributed by atoms with Crippen LogP contribution >= 0.6 is 24.1 Å². The first-order valence-corrected chi connectivity index (χ1v) is 13.0. The minimum Gasteiger partial charge on any atom is -0.583 e. The molecule has 15 heteroatoms. The molecule has 3 unspecified atom stereocenters. The maximum Gasteiger partial charge on any atom is 0.346 e. The highest BCUT2D eigenvalue weighted by Gasteiger charge is 2.59. The molecule has 1 aliphatic heterocycles. The number of hydrogen-bond donors (Lipinski definition) is 2. The predicted octanol–water partition coefficient (Wildman–Crippen LogP) is 1.90. The highest BCUT2D eigenvalue weighted by Crippen LogP contribution is 2.43. The average Bonchev–Trinajstić information content (AvgIpc) is 3.03. The van der Waals surface area contributed by atoms with Crippen molar-refractivity contribution in [1.29, 1.82) is 0 Å². The van der Waals surface area contributed by atoms with Gasteiger partial charge in [0, 0.05) is 16.7 Å². The molecule has 12 nitrogen and oxygen atoms in total.